The molecule has 7 nitrogen and oxygen atoms in total. The number of fused-ring (bicyclic) bond motifs is 2. The molecule has 4 aliphatic rings. The largest absolute Gasteiger partial charge is 0.427 e. The second kappa shape index (κ2) is 27.1. The summed E-state index contributed by atoms with van der Waals surface area (Å²) in [5, 5.41) is 14.2. The summed E-state index contributed by atoms with van der Waals surface area (Å²) in [6.07, 6.45) is -12.8. The minimum atomic E-state index is -4.82. The lowest BCUT2D eigenvalue weighted by molar-refractivity contribution is -0.204. The van der Waals surface area contributed by atoms with Gasteiger partial charge in [-0.15, -0.1) is 11.6 Å². The van der Waals surface area contributed by atoms with Crippen LogP contribution in [0.25, 0.3) is 0 Å². The number of alkyl halides is 7. The SMILES string of the molecule is CN1C(=O)Nc2cc(CCl)c(Cl)cc2C1(C#CC1CC1)C(F)(F)F.CN1C(=O)Nc2cc(CO)c(Cl)cc2C1(C#CC1CC1)C(F)(F)F.[B]B([B])B(B([B])[B])B([B])[B].[B][B]B([B])B(B([B])[B])B(B([B])[B])B([B])[B]. The number of aliphatic hydroxyl groups excluding tert-OH is 1. The maximum Gasteiger partial charge on any atom is 0.427 e. The second-order valence-electron chi connectivity index (χ2n) is 17.7. The maximum atomic E-state index is 14.1. The summed E-state index contributed by atoms with van der Waals surface area (Å²) >= 11 is 17.8. The molecule has 2 fully saturated rings. The summed E-state index contributed by atoms with van der Waals surface area (Å²) in [5.74, 6) is 9.82. The fourth-order valence-corrected chi connectivity index (χ4v) is 8.51. The zero-order valence-electron chi connectivity index (χ0n) is 39.7. The van der Waals surface area contributed by atoms with Crippen molar-refractivity contribution in [1.82, 2.24) is 9.80 Å². The van der Waals surface area contributed by atoms with Crippen LogP contribution < -0.4 is 10.6 Å². The van der Waals surface area contributed by atoms with Crippen molar-refractivity contribution in [3.63, 3.8) is 0 Å². The van der Waals surface area contributed by atoms with Crippen LogP contribution in [0.2, 0.25) is 10.0 Å². The lowest BCUT2D eigenvalue weighted by atomic mass is 8.46. The molecule has 0 aromatic heterocycles. The predicted molar refractivity (Wildman–Crippen MR) is 312 cm³/mol. The molecule has 41 heteroatoms. The summed E-state index contributed by atoms with van der Waals surface area (Å²) in [6, 6.07) is 3.13. The molecule has 0 saturated heterocycles. The van der Waals surface area contributed by atoms with Crippen molar-refractivity contribution in [2.24, 2.45) is 11.8 Å². The Morgan fingerprint density at radius 1 is 0.630 bits per heavy atom. The molecule has 2 aromatic carbocycles. The molecule has 2 aromatic rings. The smallest absolute Gasteiger partial charge is 0.392 e. The summed E-state index contributed by atoms with van der Waals surface area (Å²) in [6.45, 7) is -0.454. The molecule has 2 heterocycles. The zero-order chi connectivity index (χ0) is 55.9. The van der Waals surface area contributed by atoms with Crippen molar-refractivity contribution >= 4 is 237 Å². The first-order valence-corrected chi connectivity index (χ1v) is 23.5. The van der Waals surface area contributed by atoms with Gasteiger partial charge < -0.3 is 15.7 Å². The zero-order valence-corrected chi connectivity index (χ0v) is 42.0. The molecule has 2 unspecified atom stereocenters. The van der Waals surface area contributed by atoms with E-state index in [0.29, 0.717) is 15.4 Å². The Bertz CT molecular complexity index is 2220. The van der Waals surface area contributed by atoms with E-state index in [9.17, 15) is 41.0 Å². The molecular weight excluding hydrogens is 979 g/mol. The molecule has 73 heavy (non-hydrogen) atoms. The third-order valence-electron chi connectivity index (χ3n) is 12.2. The third kappa shape index (κ3) is 15.7. The van der Waals surface area contributed by atoms with Crippen LogP contribution in [0, 0.1) is 35.5 Å². The summed E-state index contributed by atoms with van der Waals surface area (Å²) in [7, 11) is 79.7. The summed E-state index contributed by atoms with van der Waals surface area (Å²) in [5.41, 5.74) is -5.29. The highest BCUT2D eigenvalue weighted by Crippen LogP contribution is 2.51. The van der Waals surface area contributed by atoms with Gasteiger partial charge in [0.1, 0.15) is 0 Å². The van der Waals surface area contributed by atoms with E-state index < -0.39 is 106 Å². The molecule has 0 bridgehead atoms. The monoisotopic (exact) mass is 1010 g/mol. The molecule has 2 aliphatic heterocycles. The van der Waals surface area contributed by atoms with Gasteiger partial charge in [0, 0.05) is 244 Å². The first kappa shape index (κ1) is 65.4. The van der Waals surface area contributed by atoms with Crippen molar-refractivity contribution in [3.8, 4) is 23.7 Å². The minimum absolute atomic E-state index is 0.0114. The highest BCUT2D eigenvalue weighted by molar-refractivity contribution is 8.12. The molecule has 2 aliphatic carbocycles. The van der Waals surface area contributed by atoms with Crippen LogP contribution in [-0.2, 0) is 23.6 Å². The van der Waals surface area contributed by atoms with E-state index in [2.05, 4.69) is 34.3 Å². The molecule has 4 amide bonds. The topological polar surface area (TPSA) is 84.9 Å². The standard InChI is InChI=1S/C16H13Cl2F3N2O.C16H14ClF3N2O2.B15.B10/c1-23-14(24)22-13-6-10(8-17)12(18)7-11(13)15(23,16(19,20)21)5-4-9-2-3-9;1-22-14(24)21-13-6-10(8-23)12(17)7-11(13)15(22,16(18,19)20)5-4-9-2-3-9;1-9-13(8)15(12(6)7)14(10(2)3)11(4)5;1-7(2)10(8(3)4)9(5)6/h6-7,9H,2-3,8H2,1H3,(H,22,24);6-7,9,23H,2-3,8H2,1H3,(H,21,24);;. The van der Waals surface area contributed by atoms with E-state index in [1.165, 1.54) is 25.3 Å². The number of benzene rings is 2. The number of carbonyl (C=O) groups excluding carboxylic acids is 2. The average molecular weight is 1010 g/mol. The number of nitrogens with zero attached hydrogens (tertiary/aromatic N) is 2. The van der Waals surface area contributed by atoms with Gasteiger partial charge in [-0.1, -0.05) is 46.9 Å². The van der Waals surface area contributed by atoms with Crippen LogP contribution in [0.15, 0.2) is 24.3 Å². The van der Waals surface area contributed by atoms with Gasteiger partial charge in [-0.25, -0.2) is 9.59 Å². The van der Waals surface area contributed by atoms with E-state index in [-0.39, 0.29) is 55.8 Å². The average Bonchev–Trinajstić information content (AvgIpc) is 4.22. The van der Waals surface area contributed by atoms with Gasteiger partial charge >= 0.3 is 24.4 Å². The quantitative estimate of drug-likeness (QED) is 0.113. The Labute approximate surface area is 463 Å². The number of rotatable bonds is 11. The van der Waals surface area contributed by atoms with Crippen molar-refractivity contribution in [2.45, 2.75) is 61.6 Å². The summed E-state index contributed by atoms with van der Waals surface area (Å²) in [4.78, 5) is 25.4. The van der Waals surface area contributed by atoms with Gasteiger partial charge in [0.25, 0.3) is 0 Å². The lowest BCUT2D eigenvalue weighted by Crippen LogP contribution is -2.73. The van der Waals surface area contributed by atoms with Crippen molar-refractivity contribution in [1.29, 1.82) is 0 Å². The Hall–Kier alpha value is -1.87. The number of nitrogens with one attached hydrogen (secondary N) is 2. The number of aliphatic hydroxyl groups is 1. The highest BCUT2D eigenvalue weighted by Gasteiger charge is 2.64. The van der Waals surface area contributed by atoms with Crippen molar-refractivity contribution < 1.29 is 41.0 Å². The number of anilines is 2. The molecule has 3 N–H and O–H groups in total. The normalized spacial score (nSPS) is 18.2. The van der Waals surface area contributed by atoms with Crippen LogP contribution in [0.3, 0.4) is 0 Å². The van der Waals surface area contributed by atoms with Crippen LogP contribution >= 0.6 is 34.8 Å². The first-order valence-electron chi connectivity index (χ1n) is 22.2. The van der Waals surface area contributed by atoms with E-state index in [1.807, 2.05) is 0 Å². The molecule has 2 atom stereocenters. The Morgan fingerprint density at radius 2 is 0.959 bits per heavy atom. The minimum Gasteiger partial charge on any atom is -0.392 e. The second-order valence-corrected chi connectivity index (χ2v) is 18.8. The van der Waals surface area contributed by atoms with E-state index >= 15 is 0 Å². The maximum absolute atomic E-state index is 14.1. The van der Waals surface area contributed by atoms with Crippen LogP contribution in [0.5, 0.6) is 0 Å². The van der Waals surface area contributed by atoms with Crippen molar-refractivity contribution in [2.75, 3.05) is 24.7 Å². The van der Waals surface area contributed by atoms with Gasteiger partial charge in [-0.3, -0.25) is 9.80 Å². The Kier molecular flexibility index (Phi) is 24.3. The molecule has 331 valence electrons. The number of hydrogen-bond donors (Lipinski definition) is 3. The lowest BCUT2D eigenvalue weighted by Gasteiger charge is -2.43. The molecule has 6 rings (SSSR count). The Morgan fingerprint density at radius 3 is 1.22 bits per heavy atom. The van der Waals surface area contributed by atoms with Crippen molar-refractivity contribution in [3.05, 3.63) is 56.6 Å². The van der Waals surface area contributed by atoms with Gasteiger partial charge in [-0.05, 0) is 61.1 Å². The molecular formula is C32H27B25Cl3F6N4O3. The first-order chi connectivity index (χ1) is 33.7. The van der Waals surface area contributed by atoms with Gasteiger partial charge in [0.15, 0.2) is 0 Å². The van der Waals surface area contributed by atoms with Gasteiger partial charge in [-0.2, -0.15) is 26.3 Å². The van der Waals surface area contributed by atoms with Gasteiger partial charge in [0.05, 0.1) is 6.61 Å². The molecule has 2 saturated carbocycles. The Balaban J connectivity index is 0.000000271. The number of hydrogen-bond acceptors (Lipinski definition) is 3. The van der Waals surface area contributed by atoms with E-state index in [1.54, 1.807) is 0 Å². The number of halogens is 9. The number of carbonyl (C=O) groups is 2. The van der Waals surface area contributed by atoms with Crippen LogP contribution in [0.4, 0.5) is 47.3 Å². The summed E-state index contributed by atoms with van der Waals surface area (Å²) < 4.78 is 84.5. The van der Waals surface area contributed by atoms with E-state index in [4.69, 9.17) is 143 Å². The predicted octanol–water partition coefficient (Wildman–Crippen LogP) is -1.31. The van der Waals surface area contributed by atoms with E-state index in [0.717, 1.165) is 45.8 Å². The highest BCUT2D eigenvalue weighted by atomic mass is 35.5. The van der Waals surface area contributed by atoms with Crippen LogP contribution in [-0.4, -0.2) is 233 Å². The molecule has 0 spiro atoms. The fourth-order valence-electron chi connectivity index (χ4n) is 7.77. The number of urea groups is 2. The molecule has 29 radical (unpaired) electrons. The fraction of sp³-hybridized carbons (Fsp3) is 0.438. The number of amides is 4. The third-order valence-corrected chi connectivity index (χ3v) is 13.2. The van der Waals surface area contributed by atoms with Gasteiger partial charge in [0.2, 0.25) is 11.1 Å². The van der Waals surface area contributed by atoms with Crippen LogP contribution in [0.1, 0.15) is 47.9 Å².